The van der Waals surface area contributed by atoms with Crippen molar-refractivity contribution in [2.75, 3.05) is 32.7 Å². The fraction of sp³-hybridized carbons (Fsp3) is 0.545. The van der Waals surface area contributed by atoms with Crippen molar-refractivity contribution in [2.45, 2.75) is 11.1 Å². The summed E-state index contributed by atoms with van der Waals surface area (Å²) >= 11 is 1.52. The maximum atomic E-state index is 9.60. The van der Waals surface area contributed by atoms with Gasteiger partial charge in [0.2, 0.25) is 0 Å². The van der Waals surface area contributed by atoms with Gasteiger partial charge in [-0.15, -0.1) is 11.8 Å². The quantitative estimate of drug-likeness (QED) is 0.549. The second kappa shape index (κ2) is 8.52. The van der Waals surface area contributed by atoms with E-state index in [0.29, 0.717) is 25.6 Å². The molecule has 1 rings (SSSR count). The van der Waals surface area contributed by atoms with Crippen molar-refractivity contribution in [3.63, 3.8) is 0 Å². The maximum Gasteiger partial charge on any atom is 0.0960 e. The Morgan fingerprint density at radius 2 is 2.31 bits per heavy atom. The average molecular weight is 243 g/mol. The van der Waals surface area contributed by atoms with E-state index in [4.69, 9.17) is 9.47 Å². The molecule has 0 spiro atoms. The molecule has 1 aromatic heterocycles. The molecule has 0 radical (unpaired) electrons. The highest BCUT2D eigenvalue weighted by atomic mass is 32.2. The number of hydrogen-bond donors (Lipinski definition) is 1. The van der Waals surface area contributed by atoms with Gasteiger partial charge in [0.05, 0.1) is 31.0 Å². The van der Waals surface area contributed by atoms with E-state index >= 15 is 0 Å². The summed E-state index contributed by atoms with van der Waals surface area (Å²) in [4.78, 5) is 4.15. The number of ether oxygens (including phenoxy) is 2. The van der Waals surface area contributed by atoms with Gasteiger partial charge in [-0.1, -0.05) is 6.07 Å². The molecule has 0 aliphatic carbocycles. The summed E-state index contributed by atoms with van der Waals surface area (Å²) in [7, 11) is 1.62. The molecule has 1 atom stereocenters. The number of hydrogen-bond acceptors (Lipinski definition) is 5. The summed E-state index contributed by atoms with van der Waals surface area (Å²) < 4.78 is 10.0. The van der Waals surface area contributed by atoms with Gasteiger partial charge in [0.25, 0.3) is 0 Å². The summed E-state index contributed by atoms with van der Waals surface area (Å²) in [5.74, 6) is 0.587. The fourth-order valence-corrected chi connectivity index (χ4v) is 1.79. The van der Waals surface area contributed by atoms with Gasteiger partial charge in [-0.2, -0.15) is 0 Å². The fourth-order valence-electron chi connectivity index (χ4n) is 1.02. The van der Waals surface area contributed by atoms with Crippen LogP contribution in [0.1, 0.15) is 0 Å². The maximum absolute atomic E-state index is 9.60. The topological polar surface area (TPSA) is 51.6 Å². The highest BCUT2D eigenvalue weighted by Crippen LogP contribution is 2.14. The van der Waals surface area contributed by atoms with Gasteiger partial charge in [0.1, 0.15) is 0 Å². The Kier molecular flexibility index (Phi) is 7.16. The molecule has 4 nitrogen and oxygen atoms in total. The third kappa shape index (κ3) is 6.07. The minimum absolute atomic E-state index is 0.337. The van der Waals surface area contributed by atoms with Gasteiger partial charge >= 0.3 is 0 Å². The Morgan fingerprint density at radius 3 is 3.00 bits per heavy atom. The van der Waals surface area contributed by atoms with Crippen molar-refractivity contribution < 1.29 is 14.6 Å². The minimum atomic E-state index is -0.469. The molecule has 0 bridgehead atoms. The van der Waals surface area contributed by atoms with Crippen molar-refractivity contribution in [2.24, 2.45) is 0 Å². The molecule has 1 unspecified atom stereocenters. The van der Waals surface area contributed by atoms with E-state index in [2.05, 4.69) is 4.98 Å². The molecule has 5 heteroatoms. The van der Waals surface area contributed by atoms with Crippen LogP contribution < -0.4 is 0 Å². The number of methoxy groups -OCH3 is 1. The molecule has 1 N–H and O–H groups in total. The highest BCUT2D eigenvalue weighted by Gasteiger charge is 2.05. The average Bonchev–Trinajstić information content (AvgIpc) is 2.33. The zero-order valence-electron chi connectivity index (χ0n) is 9.33. The first-order chi connectivity index (χ1) is 7.83. The zero-order valence-corrected chi connectivity index (χ0v) is 10.2. The second-order valence-corrected chi connectivity index (χ2v) is 4.24. The second-order valence-electron chi connectivity index (χ2n) is 3.20. The van der Waals surface area contributed by atoms with Crippen molar-refractivity contribution >= 4 is 11.8 Å². The van der Waals surface area contributed by atoms with E-state index in [1.165, 1.54) is 11.8 Å². The number of pyridine rings is 1. The van der Waals surface area contributed by atoms with Gasteiger partial charge in [-0.3, -0.25) is 0 Å². The van der Waals surface area contributed by atoms with E-state index in [1.54, 1.807) is 13.3 Å². The zero-order chi connectivity index (χ0) is 11.6. The molecule has 0 fully saturated rings. The Balaban J connectivity index is 2.08. The van der Waals surface area contributed by atoms with Crippen LogP contribution in [0.25, 0.3) is 0 Å². The normalized spacial score (nSPS) is 12.6. The predicted octanol–water partition coefficient (Wildman–Crippen LogP) is 1.20. The van der Waals surface area contributed by atoms with Crippen LogP contribution in [0, 0.1) is 0 Å². The first kappa shape index (κ1) is 13.4. The van der Waals surface area contributed by atoms with Crippen LogP contribution in [0.4, 0.5) is 0 Å². The van der Waals surface area contributed by atoms with Crippen LogP contribution in [0.3, 0.4) is 0 Å². The molecular weight excluding hydrogens is 226 g/mol. The lowest BCUT2D eigenvalue weighted by atomic mass is 10.4. The van der Waals surface area contributed by atoms with E-state index in [-0.39, 0.29) is 0 Å². The molecule has 0 aliphatic rings. The first-order valence-electron chi connectivity index (χ1n) is 5.11. The monoisotopic (exact) mass is 243 g/mol. The van der Waals surface area contributed by atoms with E-state index < -0.39 is 6.10 Å². The van der Waals surface area contributed by atoms with Crippen LogP contribution in [0.15, 0.2) is 29.4 Å². The van der Waals surface area contributed by atoms with Crippen LogP contribution in [-0.2, 0) is 9.47 Å². The first-order valence-corrected chi connectivity index (χ1v) is 6.10. The molecular formula is C11H17NO3S. The molecule has 0 aliphatic heterocycles. The third-order valence-electron chi connectivity index (χ3n) is 1.80. The van der Waals surface area contributed by atoms with Crippen molar-refractivity contribution in [1.29, 1.82) is 0 Å². The van der Waals surface area contributed by atoms with Gasteiger partial charge in [0.15, 0.2) is 0 Å². The molecule has 0 saturated heterocycles. The number of thioether (sulfide) groups is 1. The summed E-state index contributed by atoms with van der Waals surface area (Å²) in [5, 5.41) is 10.5. The molecule has 90 valence electrons. The van der Waals surface area contributed by atoms with Crippen LogP contribution >= 0.6 is 11.8 Å². The summed E-state index contributed by atoms with van der Waals surface area (Å²) in [6.07, 6.45) is 1.27. The standard InChI is InChI=1S/C11H17NO3S/c1-14-6-7-15-8-10(13)9-16-11-4-2-3-5-12-11/h2-5,10,13H,6-9H2,1H3. The summed E-state index contributed by atoms with van der Waals surface area (Å²) in [6.45, 7) is 1.41. The highest BCUT2D eigenvalue weighted by molar-refractivity contribution is 7.99. The lowest BCUT2D eigenvalue weighted by Crippen LogP contribution is -2.19. The van der Waals surface area contributed by atoms with Crippen molar-refractivity contribution in [1.82, 2.24) is 4.98 Å². The number of nitrogens with zero attached hydrogens (tertiary/aromatic N) is 1. The predicted molar refractivity (Wildman–Crippen MR) is 63.7 cm³/mol. The van der Waals surface area contributed by atoms with Gasteiger partial charge < -0.3 is 14.6 Å². The third-order valence-corrected chi connectivity index (χ3v) is 2.89. The Hall–Kier alpha value is -0.620. The van der Waals surface area contributed by atoms with Crippen LogP contribution in [-0.4, -0.2) is 48.9 Å². The lowest BCUT2D eigenvalue weighted by Gasteiger charge is -2.10. The van der Waals surface area contributed by atoms with E-state index in [1.807, 2.05) is 18.2 Å². The number of aliphatic hydroxyl groups is 1. The number of aliphatic hydroxyl groups excluding tert-OH is 1. The Bertz CT molecular complexity index is 271. The summed E-state index contributed by atoms with van der Waals surface area (Å²) in [5.41, 5.74) is 0. The van der Waals surface area contributed by atoms with Crippen LogP contribution in [0.2, 0.25) is 0 Å². The Labute approximate surface area is 100.0 Å². The lowest BCUT2D eigenvalue weighted by molar-refractivity contribution is 0.0218. The van der Waals surface area contributed by atoms with E-state index in [0.717, 1.165) is 5.03 Å². The minimum Gasteiger partial charge on any atom is -0.390 e. The van der Waals surface area contributed by atoms with Gasteiger partial charge in [-0.05, 0) is 12.1 Å². The molecule has 1 heterocycles. The molecule has 0 aromatic carbocycles. The van der Waals surface area contributed by atoms with Crippen molar-refractivity contribution in [3.8, 4) is 0 Å². The SMILES string of the molecule is COCCOCC(O)CSc1ccccn1. The van der Waals surface area contributed by atoms with Crippen LogP contribution in [0.5, 0.6) is 0 Å². The Morgan fingerprint density at radius 1 is 1.44 bits per heavy atom. The molecule has 0 saturated carbocycles. The molecule has 16 heavy (non-hydrogen) atoms. The number of rotatable bonds is 8. The van der Waals surface area contributed by atoms with Gasteiger partial charge in [-0.25, -0.2) is 4.98 Å². The number of aromatic nitrogens is 1. The summed E-state index contributed by atoms with van der Waals surface area (Å²) in [6, 6.07) is 5.72. The van der Waals surface area contributed by atoms with E-state index in [9.17, 15) is 5.11 Å². The molecule has 1 aromatic rings. The van der Waals surface area contributed by atoms with Gasteiger partial charge in [0, 0.05) is 19.1 Å². The van der Waals surface area contributed by atoms with Crippen molar-refractivity contribution in [3.05, 3.63) is 24.4 Å². The largest absolute Gasteiger partial charge is 0.390 e. The molecule has 0 amide bonds. The smallest absolute Gasteiger partial charge is 0.0960 e.